The zero-order chi connectivity index (χ0) is 13.4. The molecular weight excluding hydrogens is 340 g/mol. The summed E-state index contributed by atoms with van der Waals surface area (Å²) in [5.41, 5.74) is 1.12. The maximum absolute atomic E-state index is 10.7. The zero-order valence-electron chi connectivity index (χ0n) is 9.94. The van der Waals surface area contributed by atoms with E-state index in [-0.39, 0.29) is 5.75 Å². The summed E-state index contributed by atoms with van der Waals surface area (Å²) in [6.07, 6.45) is 2.25. The molecule has 18 heavy (non-hydrogen) atoms. The molecule has 0 atom stereocenters. The van der Waals surface area contributed by atoms with Gasteiger partial charge in [-0.3, -0.25) is 0 Å². The minimum atomic E-state index is -3.34. The largest absolute Gasteiger partial charge is 0.377 e. The third kappa shape index (κ3) is 8.08. The molecular formula is C12H16BrClO3S. The second-order valence-electron chi connectivity index (χ2n) is 3.99. The van der Waals surface area contributed by atoms with Gasteiger partial charge in [0, 0.05) is 21.8 Å². The standard InChI is InChI=1S/C12H16BrClO3S/c13-12-6-4-5-11(9-12)10-17-7-2-1-3-8-18(14,15)16/h4-6,9H,1-3,7-8,10H2. The van der Waals surface area contributed by atoms with Crippen LogP contribution < -0.4 is 0 Å². The normalized spacial score (nSPS) is 11.7. The van der Waals surface area contributed by atoms with E-state index in [1.165, 1.54) is 0 Å². The van der Waals surface area contributed by atoms with E-state index in [2.05, 4.69) is 15.9 Å². The smallest absolute Gasteiger partial charge is 0.232 e. The highest BCUT2D eigenvalue weighted by atomic mass is 79.9. The van der Waals surface area contributed by atoms with Gasteiger partial charge in [0.1, 0.15) is 0 Å². The lowest BCUT2D eigenvalue weighted by Crippen LogP contribution is -1.99. The maximum Gasteiger partial charge on any atom is 0.232 e. The molecule has 0 heterocycles. The van der Waals surface area contributed by atoms with Gasteiger partial charge < -0.3 is 4.74 Å². The highest BCUT2D eigenvalue weighted by Gasteiger charge is 2.03. The Morgan fingerprint density at radius 3 is 2.67 bits per heavy atom. The van der Waals surface area contributed by atoms with Gasteiger partial charge in [0.05, 0.1) is 12.4 Å². The van der Waals surface area contributed by atoms with E-state index < -0.39 is 9.05 Å². The average Bonchev–Trinajstić information content (AvgIpc) is 2.26. The third-order valence-corrected chi connectivity index (χ3v) is 4.07. The van der Waals surface area contributed by atoms with Crippen LogP contribution in [-0.4, -0.2) is 20.8 Å². The Balaban J connectivity index is 2.06. The Kier molecular flexibility index (Phi) is 7.22. The van der Waals surface area contributed by atoms with Crippen LogP contribution in [0.3, 0.4) is 0 Å². The second kappa shape index (κ2) is 8.15. The van der Waals surface area contributed by atoms with E-state index in [1.54, 1.807) is 0 Å². The number of unbranched alkanes of at least 4 members (excludes halogenated alkanes) is 2. The highest BCUT2D eigenvalue weighted by molar-refractivity contribution is 9.10. The fourth-order valence-electron chi connectivity index (χ4n) is 1.47. The lowest BCUT2D eigenvalue weighted by Gasteiger charge is -2.04. The van der Waals surface area contributed by atoms with Crippen molar-refractivity contribution >= 4 is 35.7 Å². The third-order valence-electron chi connectivity index (χ3n) is 2.33. The van der Waals surface area contributed by atoms with Crippen LogP contribution in [0.25, 0.3) is 0 Å². The molecule has 3 nitrogen and oxygen atoms in total. The summed E-state index contributed by atoms with van der Waals surface area (Å²) < 4.78 is 27.9. The molecule has 0 saturated heterocycles. The zero-order valence-corrected chi connectivity index (χ0v) is 13.1. The topological polar surface area (TPSA) is 43.4 Å². The Morgan fingerprint density at radius 1 is 1.22 bits per heavy atom. The Labute approximate surface area is 121 Å². The van der Waals surface area contributed by atoms with Crippen molar-refractivity contribution in [2.45, 2.75) is 25.9 Å². The number of hydrogen-bond acceptors (Lipinski definition) is 3. The molecule has 1 aromatic carbocycles. The molecule has 0 N–H and O–H groups in total. The molecule has 0 unspecified atom stereocenters. The molecule has 0 aliphatic rings. The van der Waals surface area contributed by atoms with E-state index in [4.69, 9.17) is 15.4 Å². The first-order valence-corrected chi connectivity index (χ1v) is 8.99. The van der Waals surface area contributed by atoms with Gasteiger partial charge in [0.2, 0.25) is 9.05 Å². The molecule has 0 fully saturated rings. The van der Waals surface area contributed by atoms with E-state index >= 15 is 0 Å². The molecule has 0 saturated carbocycles. The van der Waals surface area contributed by atoms with Gasteiger partial charge in [-0.2, -0.15) is 0 Å². The minimum Gasteiger partial charge on any atom is -0.377 e. The van der Waals surface area contributed by atoms with Crippen LogP contribution in [-0.2, 0) is 20.4 Å². The summed E-state index contributed by atoms with van der Waals surface area (Å²) >= 11 is 3.40. The van der Waals surface area contributed by atoms with Crippen molar-refractivity contribution in [3.05, 3.63) is 34.3 Å². The first-order chi connectivity index (χ1) is 8.47. The van der Waals surface area contributed by atoms with Gasteiger partial charge in [-0.05, 0) is 30.5 Å². The van der Waals surface area contributed by atoms with E-state index in [1.807, 2.05) is 24.3 Å². The van der Waals surface area contributed by atoms with E-state index in [0.29, 0.717) is 19.6 Å². The van der Waals surface area contributed by atoms with Crippen LogP contribution in [0.1, 0.15) is 24.8 Å². The first-order valence-electron chi connectivity index (χ1n) is 5.72. The minimum absolute atomic E-state index is 0.0419. The molecule has 0 aliphatic heterocycles. The summed E-state index contributed by atoms with van der Waals surface area (Å²) in [5, 5.41) is 0. The average molecular weight is 356 g/mol. The van der Waals surface area contributed by atoms with Crippen LogP contribution >= 0.6 is 26.6 Å². The fourth-order valence-corrected chi connectivity index (χ4v) is 2.80. The second-order valence-corrected chi connectivity index (χ2v) is 7.80. The van der Waals surface area contributed by atoms with Crippen molar-refractivity contribution < 1.29 is 13.2 Å². The van der Waals surface area contributed by atoms with Crippen LogP contribution in [0, 0.1) is 0 Å². The van der Waals surface area contributed by atoms with Gasteiger partial charge in [-0.1, -0.05) is 34.5 Å². The summed E-state index contributed by atoms with van der Waals surface area (Å²) in [6, 6.07) is 7.95. The summed E-state index contributed by atoms with van der Waals surface area (Å²) in [6.45, 7) is 1.21. The number of ether oxygens (including phenoxy) is 1. The van der Waals surface area contributed by atoms with Crippen molar-refractivity contribution in [2.75, 3.05) is 12.4 Å². The number of rotatable bonds is 8. The van der Waals surface area contributed by atoms with Gasteiger partial charge in [-0.25, -0.2) is 8.42 Å². The molecule has 0 amide bonds. The summed E-state index contributed by atoms with van der Waals surface area (Å²) in [7, 11) is 1.77. The van der Waals surface area contributed by atoms with Crippen molar-refractivity contribution in [3.8, 4) is 0 Å². The molecule has 6 heteroatoms. The maximum atomic E-state index is 10.7. The van der Waals surface area contributed by atoms with Crippen LogP contribution in [0.2, 0.25) is 0 Å². The SMILES string of the molecule is O=S(=O)(Cl)CCCCCOCc1cccc(Br)c1. The van der Waals surface area contributed by atoms with Gasteiger partial charge in [0.25, 0.3) is 0 Å². The number of hydrogen-bond donors (Lipinski definition) is 0. The van der Waals surface area contributed by atoms with E-state index in [0.717, 1.165) is 22.9 Å². The Morgan fingerprint density at radius 2 is 2.00 bits per heavy atom. The summed E-state index contributed by atoms with van der Waals surface area (Å²) in [5.74, 6) is 0.0419. The molecule has 0 radical (unpaired) electrons. The van der Waals surface area contributed by atoms with E-state index in [9.17, 15) is 8.42 Å². The molecule has 102 valence electrons. The summed E-state index contributed by atoms with van der Waals surface area (Å²) in [4.78, 5) is 0. The van der Waals surface area contributed by atoms with Crippen molar-refractivity contribution in [1.82, 2.24) is 0 Å². The molecule has 0 spiro atoms. The molecule has 0 aliphatic carbocycles. The van der Waals surface area contributed by atoms with Crippen molar-refractivity contribution in [2.24, 2.45) is 0 Å². The monoisotopic (exact) mass is 354 g/mol. The Hall–Kier alpha value is -0.100. The fraction of sp³-hybridized carbons (Fsp3) is 0.500. The van der Waals surface area contributed by atoms with Crippen LogP contribution in [0.15, 0.2) is 28.7 Å². The lowest BCUT2D eigenvalue weighted by atomic mass is 10.2. The molecule has 1 aromatic rings. The van der Waals surface area contributed by atoms with Gasteiger partial charge in [0.15, 0.2) is 0 Å². The highest BCUT2D eigenvalue weighted by Crippen LogP contribution is 2.12. The quantitative estimate of drug-likeness (QED) is 0.527. The predicted octanol–water partition coefficient (Wildman–Crippen LogP) is 3.70. The Bertz CT molecular complexity index is 462. The van der Waals surface area contributed by atoms with Crippen molar-refractivity contribution in [1.29, 1.82) is 0 Å². The van der Waals surface area contributed by atoms with Crippen LogP contribution in [0.5, 0.6) is 0 Å². The predicted molar refractivity (Wildman–Crippen MR) is 77.3 cm³/mol. The number of halogens is 2. The van der Waals surface area contributed by atoms with Crippen molar-refractivity contribution in [3.63, 3.8) is 0 Å². The molecule has 0 bridgehead atoms. The number of benzene rings is 1. The lowest BCUT2D eigenvalue weighted by molar-refractivity contribution is 0.117. The molecule has 1 rings (SSSR count). The van der Waals surface area contributed by atoms with Gasteiger partial charge in [-0.15, -0.1) is 0 Å². The van der Waals surface area contributed by atoms with Crippen LogP contribution in [0.4, 0.5) is 0 Å². The molecule has 0 aromatic heterocycles. The van der Waals surface area contributed by atoms with Gasteiger partial charge >= 0.3 is 0 Å². The first kappa shape index (κ1) is 16.0.